The van der Waals surface area contributed by atoms with Gasteiger partial charge < -0.3 is 0 Å². The van der Waals surface area contributed by atoms with Gasteiger partial charge in [-0.05, 0) is 120 Å². The fraction of sp³-hybridized carbons (Fsp3) is 0.0351. The van der Waals surface area contributed by atoms with Gasteiger partial charge in [0.2, 0.25) is 0 Å². The molecule has 10 aromatic rings. The predicted molar refractivity (Wildman–Crippen MR) is 250 cm³/mol. The number of allylic oxidation sites excluding steroid dienone is 4. The van der Waals surface area contributed by atoms with E-state index in [-0.39, 0.29) is 0 Å². The van der Waals surface area contributed by atoms with Gasteiger partial charge in [-0.25, -0.2) is 4.98 Å². The Morgan fingerprint density at radius 2 is 0.949 bits per heavy atom. The Balaban J connectivity index is 1.14. The molecular formula is C57H40N2. The first-order chi connectivity index (χ1) is 29.3. The molecule has 1 aromatic heterocycles. The molecule has 59 heavy (non-hydrogen) atoms. The van der Waals surface area contributed by atoms with E-state index in [1.807, 2.05) is 0 Å². The Hall–Kier alpha value is -7.55. The van der Waals surface area contributed by atoms with Gasteiger partial charge >= 0.3 is 0 Å². The van der Waals surface area contributed by atoms with Crippen molar-refractivity contribution < 1.29 is 0 Å². The lowest BCUT2D eigenvalue weighted by Gasteiger charge is -2.22. The molecule has 0 fully saturated rings. The van der Waals surface area contributed by atoms with E-state index in [2.05, 4.69) is 223 Å². The molecule has 278 valence electrons. The minimum Gasteiger partial charge on any atom is -0.292 e. The van der Waals surface area contributed by atoms with Crippen molar-refractivity contribution in [2.45, 2.75) is 12.8 Å². The predicted octanol–water partition coefficient (Wildman–Crippen LogP) is 15.4. The summed E-state index contributed by atoms with van der Waals surface area (Å²) in [4.78, 5) is 5.14. The molecule has 0 saturated heterocycles. The van der Waals surface area contributed by atoms with Crippen LogP contribution in [0.25, 0.3) is 99.7 Å². The van der Waals surface area contributed by atoms with Crippen LogP contribution in [0, 0.1) is 0 Å². The molecule has 0 unspecified atom stereocenters. The van der Waals surface area contributed by atoms with Crippen LogP contribution in [0.3, 0.4) is 0 Å². The molecule has 2 heteroatoms. The van der Waals surface area contributed by atoms with Gasteiger partial charge in [-0.15, -0.1) is 0 Å². The highest BCUT2D eigenvalue weighted by Crippen LogP contribution is 2.48. The average Bonchev–Trinajstić information content (AvgIpc) is 3.71. The minimum atomic E-state index is 0.931. The molecule has 0 atom stereocenters. The van der Waals surface area contributed by atoms with Crippen LogP contribution < -0.4 is 0 Å². The zero-order valence-electron chi connectivity index (χ0n) is 32.6. The maximum atomic E-state index is 5.14. The van der Waals surface area contributed by atoms with Gasteiger partial charge in [0.1, 0.15) is 5.82 Å². The summed E-state index contributed by atoms with van der Waals surface area (Å²) >= 11 is 0. The molecular weight excluding hydrogens is 713 g/mol. The Morgan fingerprint density at radius 3 is 1.68 bits per heavy atom. The lowest BCUT2D eigenvalue weighted by molar-refractivity contribution is 1.04. The number of nitrogens with zero attached hydrogens (tertiary/aromatic N) is 2. The third-order valence-corrected chi connectivity index (χ3v) is 11.9. The Morgan fingerprint density at radius 1 is 0.390 bits per heavy atom. The van der Waals surface area contributed by atoms with Gasteiger partial charge in [0, 0.05) is 11.3 Å². The number of hydrogen-bond acceptors (Lipinski definition) is 1. The molecule has 1 heterocycles. The second kappa shape index (κ2) is 14.8. The third-order valence-electron chi connectivity index (χ3n) is 11.9. The van der Waals surface area contributed by atoms with Crippen LogP contribution in [-0.2, 0) is 0 Å². The first-order valence-electron chi connectivity index (χ1n) is 20.5. The number of rotatable bonds is 7. The van der Waals surface area contributed by atoms with Gasteiger partial charge in [0.25, 0.3) is 0 Å². The van der Waals surface area contributed by atoms with Crippen LogP contribution in [0.15, 0.2) is 218 Å². The fourth-order valence-corrected chi connectivity index (χ4v) is 9.14. The van der Waals surface area contributed by atoms with E-state index in [1.54, 1.807) is 0 Å². The molecule has 11 rings (SSSR count). The highest BCUT2D eigenvalue weighted by molar-refractivity contribution is 6.23. The molecule has 0 N–H and O–H groups in total. The number of fused-ring (bicyclic) bond motifs is 3. The Labute approximate surface area is 344 Å². The lowest BCUT2D eigenvalue weighted by atomic mass is 9.81. The monoisotopic (exact) mass is 752 g/mol. The zero-order valence-corrected chi connectivity index (χ0v) is 32.6. The van der Waals surface area contributed by atoms with Crippen molar-refractivity contribution in [1.29, 1.82) is 0 Å². The maximum absolute atomic E-state index is 5.14. The highest BCUT2D eigenvalue weighted by atomic mass is 15.1. The van der Waals surface area contributed by atoms with Gasteiger partial charge in [-0.1, -0.05) is 188 Å². The van der Waals surface area contributed by atoms with Crippen LogP contribution in [0.1, 0.15) is 18.4 Å². The van der Waals surface area contributed by atoms with Crippen LogP contribution >= 0.6 is 0 Å². The molecule has 0 bridgehead atoms. The molecule has 9 aromatic carbocycles. The molecule has 0 spiro atoms. The summed E-state index contributed by atoms with van der Waals surface area (Å²) in [6.45, 7) is 0. The smallest absolute Gasteiger partial charge is 0.145 e. The highest BCUT2D eigenvalue weighted by Gasteiger charge is 2.22. The Kier molecular flexibility index (Phi) is 8.67. The van der Waals surface area contributed by atoms with E-state index in [1.165, 1.54) is 71.6 Å². The zero-order chi connectivity index (χ0) is 39.1. The number of benzene rings is 9. The molecule has 1 aliphatic rings. The molecule has 0 aliphatic heterocycles. The molecule has 1 aliphatic carbocycles. The molecule has 0 saturated carbocycles. The summed E-state index contributed by atoms with van der Waals surface area (Å²) in [6, 6.07) is 72.6. The van der Waals surface area contributed by atoms with E-state index < -0.39 is 0 Å². The largest absolute Gasteiger partial charge is 0.292 e. The van der Waals surface area contributed by atoms with Gasteiger partial charge in [-0.2, -0.15) is 0 Å². The second-order valence-electron chi connectivity index (χ2n) is 15.3. The van der Waals surface area contributed by atoms with E-state index in [0.717, 1.165) is 46.5 Å². The van der Waals surface area contributed by atoms with Crippen molar-refractivity contribution in [1.82, 2.24) is 9.55 Å². The first-order valence-corrected chi connectivity index (χ1v) is 20.5. The van der Waals surface area contributed by atoms with Crippen LogP contribution in [0.5, 0.6) is 0 Å². The standard InChI is InChI=1S/C57H40N2/c1-4-18-40(19-5-1)45-24-10-12-26-47(45)55-49-28-14-15-29-50(49)56(48-27-13-11-25-46(48)41-20-6-2-7-21-41)52-38-43(36-37-51(52)55)39-32-34-42(35-33-39)57-58-53-30-16-17-31-54(53)59(57)44-22-8-3-9-23-44/h2-4,6-38H,1,5H2. The van der Waals surface area contributed by atoms with Crippen molar-refractivity contribution in [2.75, 3.05) is 0 Å². The van der Waals surface area contributed by atoms with E-state index in [0.29, 0.717) is 0 Å². The number of imidazole rings is 1. The number of hydrogen-bond donors (Lipinski definition) is 0. The summed E-state index contributed by atoms with van der Waals surface area (Å²) < 4.78 is 2.26. The van der Waals surface area contributed by atoms with Gasteiger partial charge in [0.05, 0.1) is 11.0 Å². The van der Waals surface area contributed by atoms with Gasteiger partial charge in [0.15, 0.2) is 0 Å². The van der Waals surface area contributed by atoms with Crippen LogP contribution in [-0.4, -0.2) is 9.55 Å². The molecule has 0 amide bonds. The maximum Gasteiger partial charge on any atom is 0.145 e. The Bertz CT molecular complexity index is 3240. The molecule has 2 nitrogen and oxygen atoms in total. The van der Waals surface area contributed by atoms with E-state index >= 15 is 0 Å². The lowest BCUT2D eigenvalue weighted by Crippen LogP contribution is -1.97. The SMILES string of the molecule is C1=CC(c2ccccc2-c2c3ccccc3c(-c3ccccc3-c3ccccc3)c3cc(-c4ccc(-c5nc6ccccc6n5-c5ccccc5)cc4)ccc23)=CCC1. The summed E-state index contributed by atoms with van der Waals surface area (Å²) in [6.07, 6.45) is 9.15. The van der Waals surface area contributed by atoms with Crippen LogP contribution in [0.2, 0.25) is 0 Å². The second-order valence-corrected chi connectivity index (χ2v) is 15.3. The average molecular weight is 753 g/mol. The van der Waals surface area contributed by atoms with E-state index in [9.17, 15) is 0 Å². The summed E-state index contributed by atoms with van der Waals surface area (Å²) in [5, 5.41) is 4.97. The topological polar surface area (TPSA) is 17.8 Å². The number of para-hydroxylation sites is 3. The van der Waals surface area contributed by atoms with E-state index in [4.69, 9.17) is 4.98 Å². The quantitative estimate of drug-likeness (QED) is 0.148. The normalized spacial score (nSPS) is 12.6. The van der Waals surface area contributed by atoms with Crippen molar-refractivity contribution >= 4 is 38.2 Å². The summed E-state index contributed by atoms with van der Waals surface area (Å²) in [5.74, 6) is 0.931. The third kappa shape index (κ3) is 6.09. The van der Waals surface area contributed by atoms with Crippen molar-refractivity contribution in [3.8, 4) is 61.6 Å². The minimum absolute atomic E-state index is 0.931. The molecule has 0 radical (unpaired) electrons. The van der Waals surface area contributed by atoms with Crippen LogP contribution in [0.4, 0.5) is 0 Å². The first kappa shape index (κ1) is 34.7. The van der Waals surface area contributed by atoms with Crippen molar-refractivity contribution in [3.05, 3.63) is 224 Å². The fourth-order valence-electron chi connectivity index (χ4n) is 9.14. The van der Waals surface area contributed by atoms with Crippen molar-refractivity contribution in [2.24, 2.45) is 0 Å². The summed E-state index contributed by atoms with van der Waals surface area (Å²) in [7, 11) is 0. The number of aromatic nitrogens is 2. The van der Waals surface area contributed by atoms with Crippen molar-refractivity contribution in [3.63, 3.8) is 0 Å². The van der Waals surface area contributed by atoms with Gasteiger partial charge in [-0.3, -0.25) is 4.57 Å². The summed E-state index contributed by atoms with van der Waals surface area (Å²) in [5.41, 5.74) is 16.6.